The fraction of sp³-hybridized carbons (Fsp3) is 0.457. The number of hydrogen-bond donors (Lipinski definition) is 1. The minimum atomic E-state index is -1.22. The molecule has 44 heavy (non-hydrogen) atoms. The summed E-state index contributed by atoms with van der Waals surface area (Å²) in [7, 11) is 0. The number of likely N-dealkylation sites (tertiary alicyclic amines) is 1. The van der Waals surface area contributed by atoms with E-state index in [-0.39, 0.29) is 49.9 Å². The van der Waals surface area contributed by atoms with Crippen molar-refractivity contribution in [3.05, 3.63) is 84.4 Å². The predicted octanol–water partition coefficient (Wildman–Crippen LogP) is 5.17. The normalized spacial score (nSPS) is 28.6. The van der Waals surface area contributed by atoms with Crippen LogP contribution in [-0.2, 0) is 19.1 Å². The molecule has 1 N–H and O–H groups in total. The molecule has 3 unspecified atom stereocenters. The van der Waals surface area contributed by atoms with Gasteiger partial charge in [-0.2, -0.15) is 0 Å². The molecular formula is C35H42ClN3O5. The van der Waals surface area contributed by atoms with Crippen LogP contribution in [0, 0.1) is 24.7 Å². The SMILES string of the molecule is C=CCN(C(=O)[C@@H]1[C@H]2C(=O)N(CCCCO)C(C(=O)N(CC=C)c3c(C)cccc3Cl)C23CC(C)[C@@]1(C)O3)c1ccccc1. The number of aryl methyl sites for hydroxylation is 1. The molecule has 0 aliphatic carbocycles. The Labute approximate surface area is 264 Å². The van der Waals surface area contributed by atoms with E-state index in [0.717, 1.165) is 5.56 Å². The smallest absolute Gasteiger partial charge is 0.253 e. The van der Waals surface area contributed by atoms with Gasteiger partial charge in [0.2, 0.25) is 11.8 Å². The number of para-hydroxylation sites is 2. The molecule has 3 saturated heterocycles. The lowest BCUT2D eigenvalue weighted by Crippen LogP contribution is -2.57. The third kappa shape index (κ3) is 4.97. The number of carbonyl (C=O) groups excluding carboxylic acids is 3. The molecule has 1 spiro atoms. The van der Waals surface area contributed by atoms with Crippen molar-refractivity contribution in [1.29, 1.82) is 0 Å². The summed E-state index contributed by atoms with van der Waals surface area (Å²) in [4.78, 5) is 48.9. The van der Waals surface area contributed by atoms with E-state index in [2.05, 4.69) is 13.2 Å². The monoisotopic (exact) mass is 619 g/mol. The molecule has 3 fully saturated rings. The fourth-order valence-corrected chi connectivity index (χ4v) is 8.11. The standard InChI is InChI=1S/C35H42ClN3O5/c1-6-18-37(25-15-9-8-10-16-25)31(41)27-28-32(42)39(20-11-12-21-40)30(35(28)22-24(4)34(27,5)44-35)33(43)38(19-7-2)29-23(3)14-13-17-26(29)36/h6-10,13-17,24,27-28,30,40H,1-2,11-12,18-22H2,3-5H3/t24?,27-,28-,30?,34+,35?/m0/s1. The van der Waals surface area contributed by atoms with Crippen LogP contribution in [0.15, 0.2) is 73.8 Å². The van der Waals surface area contributed by atoms with E-state index in [9.17, 15) is 19.5 Å². The lowest BCUT2D eigenvalue weighted by Gasteiger charge is -2.39. The molecule has 6 atom stereocenters. The van der Waals surface area contributed by atoms with E-state index in [0.29, 0.717) is 35.7 Å². The molecule has 234 valence electrons. The number of carbonyl (C=O) groups is 3. The van der Waals surface area contributed by atoms with Gasteiger partial charge in [0, 0.05) is 31.9 Å². The third-order valence-corrected chi connectivity index (χ3v) is 10.1. The van der Waals surface area contributed by atoms with Crippen LogP contribution in [0.3, 0.4) is 0 Å². The fourth-order valence-electron chi connectivity index (χ4n) is 7.79. The molecule has 3 heterocycles. The Morgan fingerprint density at radius 2 is 1.75 bits per heavy atom. The lowest BCUT2D eigenvalue weighted by molar-refractivity contribution is -0.145. The van der Waals surface area contributed by atoms with E-state index < -0.39 is 29.1 Å². The molecule has 0 saturated carbocycles. The maximum atomic E-state index is 14.9. The number of benzene rings is 2. The second-order valence-corrected chi connectivity index (χ2v) is 12.8. The molecule has 2 aromatic carbocycles. The number of anilines is 2. The van der Waals surface area contributed by atoms with Crippen molar-refractivity contribution in [2.75, 3.05) is 36.0 Å². The Hall–Kier alpha value is -3.46. The number of unbranched alkanes of at least 4 members (excludes halogenated alkanes) is 1. The van der Waals surface area contributed by atoms with Gasteiger partial charge in [-0.25, -0.2) is 0 Å². The van der Waals surface area contributed by atoms with Gasteiger partial charge in [-0.05, 0) is 62.8 Å². The van der Waals surface area contributed by atoms with Crippen molar-refractivity contribution in [2.45, 2.75) is 57.3 Å². The van der Waals surface area contributed by atoms with Crippen molar-refractivity contribution >= 4 is 40.7 Å². The Morgan fingerprint density at radius 1 is 1.07 bits per heavy atom. The summed E-state index contributed by atoms with van der Waals surface area (Å²) in [5.41, 5.74) is -0.111. The summed E-state index contributed by atoms with van der Waals surface area (Å²) < 4.78 is 6.96. The van der Waals surface area contributed by atoms with Gasteiger partial charge in [0.1, 0.15) is 11.6 Å². The molecule has 5 rings (SSSR count). The van der Waals surface area contributed by atoms with Crippen molar-refractivity contribution in [1.82, 2.24) is 4.90 Å². The van der Waals surface area contributed by atoms with Crippen molar-refractivity contribution in [2.24, 2.45) is 17.8 Å². The largest absolute Gasteiger partial charge is 0.396 e. The number of hydrogen-bond acceptors (Lipinski definition) is 5. The molecule has 3 amide bonds. The maximum absolute atomic E-state index is 14.9. The Bertz CT molecular complexity index is 1430. The number of ether oxygens (including phenoxy) is 1. The van der Waals surface area contributed by atoms with Crippen LogP contribution in [0.25, 0.3) is 0 Å². The molecule has 3 aliphatic heterocycles. The highest BCUT2D eigenvalue weighted by atomic mass is 35.5. The van der Waals surface area contributed by atoms with E-state index in [1.54, 1.807) is 32.9 Å². The van der Waals surface area contributed by atoms with Gasteiger partial charge in [0.25, 0.3) is 5.91 Å². The summed E-state index contributed by atoms with van der Waals surface area (Å²) in [5.74, 6) is -2.59. The predicted molar refractivity (Wildman–Crippen MR) is 173 cm³/mol. The summed E-state index contributed by atoms with van der Waals surface area (Å²) in [6, 6.07) is 13.8. The summed E-state index contributed by atoms with van der Waals surface area (Å²) >= 11 is 6.67. The van der Waals surface area contributed by atoms with Gasteiger partial charge < -0.3 is 24.5 Å². The van der Waals surface area contributed by atoms with E-state index in [4.69, 9.17) is 16.3 Å². The molecular weight excluding hydrogens is 578 g/mol. The Kier molecular flexibility index (Phi) is 9.08. The second-order valence-electron chi connectivity index (χ2n) is 12.4. The molecule has 2 aromatic rings. The average molecular weight is 620 g/mol. The number of aliphatic hydroxyl groups is 1. The first kappa shape index (κ1) is 31.9. The molecule has 8 nitrogen and oxygen atoms in total. The zero-order valence-corrected chi connectivity index (χ0v) is 26.5. The van der Waals surface area contributed by atoms with Gasteiger partial charge >= 0.3 is 0 Å². The highest BCUT2D eigenvalue weighted by Gasteiger charge is 2.80. The van der Waals surface area contributed by atoms with Gasteiger partial charge in [0.15, 0.2) is 0 Å². The minimum Gasteiger partial charge on any atom is -0.396 e. The van der Waals surface area contributed by atoms with Crippen LogP contribution >= 0.6 is 11.6 Å². The van der Waals surface area contributed by atoms with Crippen molar-refractivity contribution in [3.8, 4) is 0 Å². The van der Waals surface area contributed by atoms with E-state index in [1.165, 1.54) is 0 Å². The van der Waals surface area contributed by atoms with Crippen LogP contribution in [-0.4, -0.2) is 71.2 Å². The number of halogens is 1. The van der Waals surface area contributed by atoms with E-state index in [1.807, 2.05) is 63.2 Å². The molecule has 2 bridgehead atoms. The molecule has 0 aromatic heterocycles. The average Bonchev–Trinajstić information content (AvgIpc) is 3.51. The summed E-state index contributed by atoms with van der Waals surface area (Å²) in [5, 5.41) is 9.95. The topological polar surface area (TPSA) is 90.4 Å². The molecule has 0 radical (unpaired) electrons. The van der Waals surface area contributed by atoms with Gasteiger partial charge in [-0.3, -0.25) is 14.4 Å². The van der Waals surface area contributed by atoms with Crippen LogP contribution in [0.4, 0.5) is 11.4 Å². The van der Waals surface area contributed by atoms with E-state index >= 15 is 0 Å². The number of nitrogens with zero attached hydrogens (tertiary/aromatic N) is 3. The highest BCUT2D eigenvalue weighted by Crippen LogP contribution is 2.65. The first-order valence-corrected chi connectivity index (χ1v) is 15.7. The molecule has 3 aliphatic rings. The van der Waals surface area contributed by atoms with Crippen LogP contribution in [0.1, 0.15) is 38.7 Å². The minimum absolute atomic E-state index is 0.0308. The van der Waals surface area contributed by atoms with Crippen LogP contribution in [0.5, 0.6) is 0 Å². The van der Waals surface area contributed by atoms with Gasteiger partial charge in [-0.1, -0.05) is 61.0 Å². The number of fused-ring (bicyclic) bond motifs is 1. The van der Waals surface area contributed by atoms with Gasteiger partial charge in [-0.15, -0.1) is 13.2 Å². The first-order chi connectivity index (χ1) is 21.1. The van der Waals surface area contributed by atoms with Gasteiger partial charge in [0.05, 0.1) is 28.1 Å². The first-order valence-electron chi connectivity index (χ1n) is 15.3. The number of rotatable bonds is 12. The summed E-state index contributed by atoms with van der Waals surface area (Å²) in [6.07, 6.45) is 4.73. The number of aliphatic hydroxyl groups excluding tert-OH is 1. The van der Waals surface area contributed by atoms with Crippen LogP contribution < -0.4 is 9.80 Å². The zero-order valence-electron chi connectivity index (χ0n) is 25.7. The zero-order chi connectivity index (χ0) is 31.8. The Morgan fingerprint density at radius 3 is 2.39 bits per heavy atom. The van der Waals surface area contributed by atoms with Crippen molar-refractivity contribution < 1.29 is 24.2 Å². The number of amides is 3. The Balaban J connectivity index is 1.63. The second kappa shape index (κ2) is 12.5. The highest BCUT2D eigenvalue weighted by molar-refractivity contribution is 6.34. The maximum Gasteiger partial charge on any atom is 0.253 e. The summed E-state index contributed by atoms with van der Waals surface area (Å²) in [6.45, 7) is 14.3. The molecule has 9 heteroatoms. The quantitative estimate of drug-likeness (QED) is 0.262. The van der Waals surface area contributed by atoms with Crippen LogP contribution in [0.2, 0.25) is 5.02 Å². The third-order valence-electron chi connectivity index (χ3n) is 9.80. The lowest BCUT2D eigenvalue weighted by atomic mass is 9.62. The van der Waals surface area contributed by atoms with Crippen molar-refractivity contribution in [3.63, 3.8) is 0 Å².